The summed E-state index contributed by atoms with van der Waals surface area (Å²) in [6.07, 6.45) is -0.317. The Morgan fingerprint density at radius 1 is 1.14 bits per heavy atom. The summed E-state index contributed by atoms with van der Waals surface area (Å²) in [5, 5.41) is 0.241. The number of amides is 1. The first-order chi connectivity index (χ1) is 14.0. The van der Waals surface area contributed by atoms with Gasteiger partial charge in [0, 0.05) is 7.05 Å². The number of para-hydroxylation sites is 2. The molecule has 0 spiro atoms. The largest absolute Gasteiger partial charge is 0.486 e. The third kappa shape index (κ3) is 4.17. The number of carbonyl (C=O) groups excluding carboxylic acids is 2. The molecule has 4 rings (SSSR count). The van der Waals surface area contributed by atoms with Crippen molar-refractivity contribution >= 4 is 23.5 Å². The summed E-state index contributed by atoms with van der Waals surface area (Å²) in [7, 11) is 1.61. The first-order valence-electron chi connectivity index (χ1n) is 8.90. The summed E-state index contributed by atoms with van der Waals surface area (Å²) in [6, 6.07) is 10.2. The summed E-state index contributed by atoms with van der Waals surface area (Å²) < 4.78 is 27.0. The van der Waals surface area contributed by atoms with Gasteiger partial charge in [-0.3, -0.25) is 4.79 Å². The van der Waals surface area contributed by atoms with Crippen LogP contribution in [-0.2, 0) is 9.53 Å². The van der Waals surface area contributed by atoms with Crippen molar-refractivity contribution in [3.05, 3.63) is 47.0 Å². The molecule has 0 aliphatic carbocycles. The highest BCUT2D eigenvalue weighted by Crippen LogP contribution is 2.39. The van der Waals surface area contributed by atoms with E-state index in [-0.39, 0.29) is 29.4 Å². The Hall–Kier alpha value is -3.13. The van der Waals surface area contributed by atoms with Gasteiger partial charge in [-0.2, -0.15) is 0 Å². The molecule has 8 nitrogen and oxygen atoms in total. The fourth-order valence-corrected chi connectivity index (χ4v) is 3.23. The molecular weight excluding hydrogens is 402 g/mol. The zero-order valence-corrected chi connectivity index (χ0v) is 16.3. The van der Waals surface area contributed by atoms with Crippen LogP contribution in [0.2, 0.25) is 5.02 Å². The molecule has 2 aromatic carbocycles. The number of esters is 1. The molecule has 2 aliphatic heterocycles. The highest BCUT2D eigenvalue weighted by atomic mass is 35.5. The third-order valence-corrected chi connectivity index (χ3v) is 4.74. The molecule has 152 valence electrons. The Balaban J connectivity index is 1.29. The average molecular weight is 420 g/mol. The molecule has 1 amide bonds. The summed E-state index contributed by atoms with van der Waals surface area (Å²) in [5.74, 6) is 1.01. The van der Waals surface area contributed by atoms with Crippen molar-refractivity contribution in [2.24, 2.45) is 0 Å². The van der Waals surface area contributed by atoms with E-state index in [0.29, 0.717) is 36.1 Å². The minimum Gasteiger partial charge on any atom is -0.486 e. The number of hydrogen-bond acceptors (Lipinski definition) is 7. The molecule has 0 unspecified atom stereocenters. The molecular formula is C20H18ClNO7. The molecule has 0 radical (unpaired) electrons. The van der Waals surface area contributed by atoms with E-state index in [2.05, 4.69) is 0 Å². The Bertz CT molecular complexity index is 948. The standard InChI is InChI=1S/C20H18ClNO7/c1-22(8-13-9-25-15-4-2-3-5-16(15)29-13)18(23)10-26-20(24)12-6-14(21)19-17(7-12)27-11-28-19/h2-7,13H,8-11H2,1H3/t13-/m1/s1. The monoisotopic (exact) mass is 419 g/mol. The van der Waals surface area contributed by atoms with Crippen LogP contribution in [0.4, 0.5) is 0 Å². The molecule has 0 saturated heterocycles. The highest BCUT2D eigenvalue weighted by Gasteiger charge is 2.25. The third-order valence-electron chi connectivity index (χ3n) is 4.46. The van der Waals surface area contributed by atoms with Crippen LogP contribution in [0, 0.1) is 0 Å². The van der Waals surface area contributed by atoms with Crippen molar-refractivity contribution < 1.29 is 33.3 Å². The van der Waals surface area contributed by atoms with Gasteiger partial charge in [0.2, 0.25) is 6.79 Å². The number of rotatable bonds is 5. The Kier molecular flexibility index (Phi) is 5.35. The van der Waals surface area contributed by atoms with Crippen LogP contribution in [0.3, 0.4) is 0 Å². The van der Waals surface area contributed by atoms with E-state index < -0.39 is 12.6 Å². The van der Waals surface area contributed by atoms with Gasteiger partial charge in [-0.15, -0.1) is 0 Å². The number of hydrogen-bond donors (Lipinski definition) is 0. The highest BCUT2D eigenvalue weighted by molar-refractivity contribution is 6.32. The van der Waals surface area contributed by atoms with Gasteiger partial charge >= 0.3 is 5.97 Å². The molecule has 29 heavy (non-hydrogen) atoms. The second-order valence-electron chi connectivity index (χ2n) is 6.54. The van der Waals surface area contributed by atoms with Crippen molar-refractivity contribution in [2.45, 2.75) is 6.10 Å². The number of nitrogens with zero attached hydrogens (tertiary/aromatic N) is 1. The van der Waals surface area contributed by atoms with Crippen molar-refractivity contribution in [2.75, 3.05) is 33.6 Å². The maximum atomic E-state index is 12.3. The molecule has 2 aromatic rings. The maximum absolute atomic E-state index is 12.3. The second kappa shape index (κ2) is 8.08. The van der Waals surface area contributed by atoms with Crippen LogP contribution in [0.1, 0.15) is 10.4 Å². The Labute approximate surface area is 171 Å². The first kappa shape index (κ1) is 19.2. The van der Waals surface area contributed by atoms with Gasteiger partial charge in [-0.1, -0.05) is 23.7 Å². The van der Waals surface area contributed by atoms with Gasteiger partial charge in [0.25, 0.3) is 5.91 Å². The molecule has 0 bridgehead atoms. The Morgan fingerprint density at radius 3 is 2.76 bits per heavy atom. The number of ether oxygens (including phenoxy) is 5. The number of carbonyl (C=O) groups is 2. The van der Waals surface area contributed by atoms with E-state index in [1.165, 1.54) is 17.0 Å². The van der Waals surface area contributed by atoms with E-state index in [0.717, 1.165) is 0 Å². The summed E-state index contributed by atoms with van der Waals surface area (Å²) in [6.45, 7) is 0.241. The van der Waals surface area contributed by atoms with Gasteiger partial charge in [-0.25, -0.2) is 4.79 Å². The zero-order valence-electron chi connectivity index (χ0n) is 15.6. The average Bonchev–Trinajstić information content (AvgIpc) is 3.21. The molecule has 2 aliphatic rings. The quantitative estimate of drug-likeness (QED) is 0.688. The Morgan fingerprint density at radius 2 is 1.93 bits per heavy atom. The zero-order chi connectivity index (χ0) is 20.4. The van der Waals surface area contributed by atoms with Crippen LogP contribution in [-0.4, -0.2) is 56.5 Å². The smallest absolute Gasteiger partial charge is 0.338 e. The van der Waals surface area contributed by atoms with Gasteiger partial charge in [0.05, 0.1) is 17.1 Å². The lowest BCUT2D eigenvalue weighted by molar-refractivity contribution is -0.134. The molecule has 0 aromatic heterocycles. The van der Waals surface area contributed by atoms with E-state index >= 15 is 0 Å². The number of benzene rings is 2. The van der Waals surface area contributed by atoms with E-state index in [1.807, 2.05) is 24.3 Å². The van der Waals surface area contributed by atoms with E-state index in [9.17, 15) is 9.59 Å². The molecule has 0 saturated carbocycles. The normalized spacial score (nSPS) is 16.3. The number of likely N-dealkylation sites (N-methyl/N-ethyl adjacent to an activating group) is 1. The first-order valence-corrected chi connectivity index (χ1v) is 9.28. The van der Waals surface area contributed by atoms with Gasteiger partial charge in [0.1, 0.15) is 6.61 Å². The summed E-state index contributed by atoms with van der Waals surface area (Å²) in [4.78, 5) is 26.0. The predicted molar refractivity (Wildman–Crippen MR) is 102 cm³/mol. The summed E-state index contributed by atoms with van der Waals surface area (Å²) in [5.41, 5.74) is 0.176. The lowest BCUT2D eigenvalue weighted by atomic mass is 10.2. The second-order valence-corrected chi connectivity index (χ2v) is 6.95. The minimum atomic E-state index is -0.682. The van der Waals surface area contributed by atoms with Crippen LogP contribution in [0.15, 0.2) is 36.4 Å². The fourth-order valence-electron chi connectivity index (χ4n) is 2.97. The van der Waals surface area contributed by atoms with Gasteiger partial charge in [0.15, 0.2) is 35.7 Å². The van der Waals surface area contributed by atoms with Gasteiger partial charge in [-0.05, 0) is 24.3 Å². The fraction of sp³-hybridized carbons (Fsp3) is 0.300. The number of halogens is 1. The topological polar surface area (TPSA) is 83.5 Å². The molecule has 0 N–H and O–H groups in total. The molecule has 2 heterocycles. The lowest BCUT2D eigenvalue weighted by Crippen LogP contribution is -2.43. The van der Waals surface area contributed by atoms with Crippen LogP contribution in [0.25, 0.3) is 0 Å². The van der Waals surface area contributed by atoms with E-state index in [1.54, 1.807) is 7.05 Å². The molecule has 0 fully saturated rings. The van der Waals surface area contributed by atoms with Crippen molar-refractivity contribution in [1.29, 1.82) is 0 Å². The predicted octanol–water partition coefficient (Wildman–Crippen LogP) is 2.52. The van der Waals surface area contributed by atoms with E-state index in [4.69, 9.17) is 35.3 Å². The lowest BCUT2D eigenvalue weighted by Gasteiger charge is -2.29. The van der Waals surface area contributed by atoms with Crippen LogP contribution >= 0.6 is 11.6 Å². The van der Waals surface area contributed by atoms with Gasteiger partial charge < -0.3 is 28.6 Å². The SMILES string of the molecule is CN(C[C@@H]1COc2ccccc2O1)C(=O)COC(=O)c1cc(Cl)c2c(c1)OCO2. The molecule has 1 atom stereocenters. The number of fused-ring (bicyclic) bond motifs is 2. The van der Waals surface area contributed by atoms with Crippen LogP contribution in [0.5, 0.6) is 23.0 Å². The molecule has 9 heteroatoms. The van der Waals surface area contributed by atoms with Crippen molar-refractivity contribution in [3.63, 3.8) is 0 Å². The maximum Gasteiger partial charge on any atom is 0.338 e. The van der Waals surface area contributed by atoms with Crippen molar-refractivity contribution in [1.82, 2.24) is 4.90 Å². The minimum absolute atomic E-state index is 0.0360. The van der Waals surface area contributed by atoms with Crippen LogP contribution < -0.4 is 18.9 Å². The summed E-state index contributed by atoms with van der Waals surface area (Å²) >= 11 is 6.06. The van der Waals surface area contributed by atoms with Crippen molar-refractivity contribution in [3.8, 4) is 23.0 Å².